The Hall–Kier alpha value is -4.26. The molecule has 7 rings (SSSR count). The van der Waals surface area contributed by atoms with Gasteiger partial charge in [0.05, 0.1) is 12.2 Å². The zero-order chi connectivity index (χ0) is 29.9. The third-order valence-corrected chi connectivity index (χ3v) is 7.55. The number of hydrazone groups is 1. The topological polar surface area (TPSA) is 62.7 Å². The van der Waals surface area contributed by atoms with Crippen molar-refractivity contribution in [3.8, 4) is 17.1 Å². The first-order valence-electron chi connectivity index (χ1n) is 14.7. The van der Waals surface area contributed by atoms with E-state index in [9.17, 15) is 0 Å². The van der Waals surface area contributed by atoms with Gasteiger partial charge in [-0.3, -0.25) is 9.97 Å². The minimum Gasteiger partial charge on any atom is -0.513 e. The molecule has 0 unspecified atom stereocenters. The number of pyridine rings is 1. The summed E-state index contributed by atoms with van der Waals surface area (Å²) in [6, 6.07) is 26.9. The standard InChI is InChI=1S/C21H23N2.C15H12N4O.Ir/c1-15(2)18-11-8-12-19(16(3)4)20(18)23-14-13-22-21(23)17-9-6-5-7-10-17;1-2-19-10-18(9-17-19)13-5-3-4-11-12-8-16-7-6-14(12)20-15(11)13;/h5-9,11-16H,1-4H3;3-4,6-10H,2H2,1H3;/q-1;-2;+3. The van der Waals surface area contributed by atoms with Gasteiger partial charge in [0.2, 0.25) is 0 Å². The molecule has 0 saturated carbocycles. The van der Waals surface area contributed by atoms with Crippen LogP contribution < -0.4 is 4.90 Å². The van der Waals surface area contributed by atoms with Gasteiger partial charge in [-0.15, -0.1) is 42.6 Å². The molecule has 0 fully saturated rings. The second-order valence-corrected chi connectivity index (χ2v) is 11.0. The van der Waals surface area contributed by atoms with E-state index in [1.165, 1.54) is 16.8 Å². The number of aromatic nitrogens is 3. The first kappa shape index (κ1) is 31.2. The molecule has 6 aromatic rings. The molecule has 7 nitrogen and oxygen atoms in total. The molecule has 0 radical (unpaired) electrons. The van der Waals surface area contributed by atoms with Gasteiger partial charge in [0, 0.05) is 48.0 Å². The monoisotopic (exact) mass is 760 g/mol. The normalized spacial score (nSPS) is 12.7. The maximum Gasteiger partial charge on any atom is 3.00 e. The first-order valence-corrected chi connectivity index (χ1v) is 14.7. The zero-order valence-electron chi connectivity index (χ0n) is 25.5. The number of anilines is 1. The molecule has 3 aromatic heterocycles. The van der Waals surface area contributed by atoms with E-state index in [-0.39, 0.29) is 20.1 Å². The van der Waals surface area contributed by atoms with Crippen molar-refractivity contribution in [1.82, 2.24) is 19.5 Å². The molecule has 0 spiro atoms. The number of fused-ring (bicyclic) bond motifs is 3. The van der Waals surface area contributed by atoms with Crippen LogP contribution in [-0.2, 0) is 20.1 Å². The number of imidazole rings is 1. The second-order valence-electron chi connectivity index (χ2n) is 11.0. The Kier molecular flexibility index (Phi) is 9.62. The Bertz CT molecular complexity index is 1850. The molecule has 224 valence electrons. The summed E-state index contributed by atoms with van der Waals surface area (Å²) in [6.45, 7) is 13.8. The average molecular weight is 760 g/mol. The van der Waals surface area contributed by atoms with E-state index >= 15 is 0 Å². The maximum atomic E-state index is 5.95. The predicted molar refractivity (Wildman–Crippen MR) is 174 cm³/mol. The maximum absolute atomic E-state index is 5.95. The van der Waals surface area contributed by atoms with Gasteiger partial charge in [-0.05, 0) is 36.0 Å². The fourth-order valence-corrected chi connectivity index (χ4v) is 5.37. The molecule has 1 aliphatic heterocycles. The van der Waals surface area contributed by atoms with Crippen molar-refractivity contribution in [2.75, 3.05) is 11.4 Å². The molecule has 3 aromatic carbocycles. The van der Waals surface area contributed by atoms with Crippen molar-refractivity contribution in [2.24, 2.45) is 5.10 Å². The van der Waals surface area contributed by atoms with E-state index in [2.05, 4.69) is 96.9 Å². The molecule has 0 amide bonds. The summed E-state index contributed by atoms with van der Waals surface area (Å²) in [4.78, 5) is 10.7. The summed E-state index contributed by atoms with van der Waals surface area (Å²) in [5.74, 6) is 1.86. The van der Waals surface area contributed by atoms with E-state index in [4.69, 9.17) is 4.42 Å². The third-order valence-electron chi connectivity index (χ3n) is 7.55. The molecule has 0 aliphatic carbocycles. The predicted octanol–water partition coefficient (Wildman–Crippen LogP) is 8.57. The van der Waals surface area contributed by atoms with Crippen LogP contribution in [0.1, 0.15) is 57.6 Å². The second kappa shape index (κ2) is 13.6. The molecule has 0 N–H and O–H groups in total. The van der Waals surface area contributed by atoms with Crippen LogP contribution in [0.15, 0.2) is 95.0 Å². The van der Waals surface area contributed by atoms with Crippen molar-refractivity contribution in [3.05, 3.63) is 115 Å². The molecule has 0 saturated heterocycles. The fourth-order valence-electron chi connectivity index (χ4n) is 5.37. The first-order chi connectivity index (χ1) is 21.0. The smallest absolute Gasteiger partial charge is 0.513 e. The Labute approximate surface area is 272 Å². The molecular weight excluding hydrogens is 725 g/mol. The van der Waals surface area contributed by atoms with Crippen molar-refractivity contribution in [1.29, 1.82) is 0 Å². The Morgan fingerprint density at radius 2 is 1.68 bits per heavy atom. The zero-order valence-corrected chi connectivity index (χ0v) is 27.9. The van der Waals surface area contributed by atoms with E-state index in [0.717, 1.165) is 45.6 Å². The Morgan fingerprint density at radius 3 is 2.36 bits per heavy atom. The van der Waals surface area contributed by atoms with Crippen LogP contribution in [0.2, 0.25) is 0 Å². The summed E-state index contributed by atoms with van der Waals surface area (Å²) in [5.41, 5.74) is 7.49. The number of hydrogen-bond acceptors (Lipinski definition) is 6. The minimum absolute atomic E-state index is 0. The quantitative estimate of drug-likeness (QED) is 0.159. The number of nitrogens with zero attached hydrogens (tertiary/aromatic N) is 6. The van der Waals surface area contributed by atoms with Crippen molar-refractivity contribution >= 4 is 34.0 Å². The van der Waals surface area contributed by atoms with Gasteiger partial charge in [-0.25, -0.2) is 5.10 Å². The molecule has 44 heavy (non-hydrogen) atoms. The van der Waals surface area contributed by atoms with Crippen molar-refractivity contribution in [2.45, 2.75) is 46.5 Å². The molecule has 0 bridgehead atoms. The molecule has 0 atom stereocenters. The largest absolute Gasteiger partial charge is 3.00 e. The van der Waals surface area contributed by atoms with Gasteiger partial charge in [-0.2, -0.15) is 18.2 Å². The summed E-state index contributed by atoms with van der Waals surface area (Å²) in [6.07, 6.45) is 9.25. The van der Waals surface area contributed by atoms with Gasteiger partial charge in [0.1, 0.15) is 5.58 Å². The van der Waals surface area contributed by atoms with Crippen LogP contribution >= 0.6 is 0 Å². The molecule has 4 heterocycles. The average Bonchev–Trinajstić information content (AvgIpc) is 3.80. The summed E-state index contributed by atoms with van der Waals surface area (Å²) in [7, 11) is 0. The van der Waals surface area contributed by atoms with E-state index in [1.54, 1.807) is 12.5 Å². The van der Waals surface area contributed by atoms with Crippen molar-refractivity contribution < 1.29 is 24.5 Å². The molecule has 8 heteroatoms. The third kappa shape index (κ3) is 6.05. The molecular formula is C36H35IrN6O. The summed E-state index contributed by atoms with van der Waals surface area (Å²) < 4.78 is 8.17. The molecule has 1 aliphatic rings. The van der Waals surface area contributed by atoms with Gasteiger partial charge < -0.3 is 18.9 Å². The minimum atomic E-state index is 0. The van der Waals surface area contributed by atoms with Crippen LogP contribution in [-0.4, -0.2) is 32.4 Å². The van der Waals surface area contributed by atoms with E-state index in [0.29, 0.717) is 11.8 Å². The SMILES string of the molecule is CC(C)c1cccc(C(C)C)c1-n1ccnc1-c1[c-]cccc1.CCN1[CH-]N(c2[c-]ccc3c2oc2ccncc23)C=N1.[Ir+3]. The van der Waals surface area contributed by atoms with E-state index < -0.39 is 0 Å². The number of para-hydroxylation sites is 1. The number of rotatable bonds is 6. The van der Waals surface area contributed by atoms with Gasteiger partial charge in [-0.1, -0.05) is 57.0 Å². The number of benzene rings is 3. The van der Waals surface area contributed by atoms with Gasteiger partial charge in [0.25, 0.3) is 0 Å². The Morgan fingerprint density at radius 1 is 0.886 bits per heavy atom. The van der Waals surface area contributed by atoms with Crippen LogP contribution in [0.25, 0.3) is 39.0 Å². The van der Waals surface area contributed by atoms with Crippen LogP contribution in [0.3, 0.4) is 0 Å². The van der Waals surface area contributed by atoms with Gasteiger partial charge >= 0.3 is 20.1 Å². The number of hydrogen-bond donors (Lipinski definition) is 0. The summed E-state index contributed by atoms with van der Waals surface area (Å²) >= 11 is 0. The van der Waals surface area contributed by atoms with Crippen LogP contribution in [0, 0.1) is 18.8 Å². The summed E-state index contributed by atoms with van der Waals surface area (Å²) in [5, 5.41) is 8.19. The fraction of sp³-hybridized carbons (Fsp3) is 0.222. The Balaban J connectivity index is 0.000000172. The van der Waals surface area contributed by atoms with Gasteiger partial charge in [0.15, 0.2) is 0 Å². The number of furan rings is 1. The van der Waals surface area contributed by atoms with Crippen molar-refractivity contribution in [3.63, 3.8) is 0 Å². The van der Waals surface area contributed by atoms with E-state index in [1.807, 2.05) is 65.4 Å². The van der Waals surface area contributed by atoms with Crippen LogP contribution in [0.4, 0.5) is 5.69 Å². The van der Waals surface area contributed by atoms with Crippen LogP contribution in [0.5, 0.6) is 0 Å².